The molecule has 1 N–H and O–H groups in total. The lowest BCUT2D eigenvalue weighted by Gasteiger charge is -2.32. The van der Waals surface area contributed by atoms with Crippen LogP contribution >= 0.6 is 0 Å². The molecule has 1 atom stereocenters. The summed E-state index contributed by atoms with van der Waals surface area (Å²) >= 11 is 0. The molecule has 0 aromatic carbocycles. The van der Waals surface area contributed by atoms with Crippen LogP contribution in [0, 0.1) is 0 Å². The van der Waals surface area contributed by atoms with E-state index in [2.05, 4.69) is 0 Å². The van der Waals surface area contributed by atoms with Crippen molar-refractivity contribution in [3.8, 4) is 0 Å². The van der Waals surface area contributed by atoms with Gasteiger partial charge in [0.25, 0.3) is 0 Å². The van der Waals surface area contributed by atoms with Crippen molar-refractivity contribution in [1.29, 1.82) is 0 Å². The second kappa shape index (κ2) is 3.94. The summed E-state index contributed by atoms with van der Waals surface area (Å²) in [5.74, 6) is 0. The Morgan fingerprint density at radius 2 is 1.80 bits per heavy atom. The summed E-state index contributed by atoms with van der Waals surface area (Å²) in [6, 6.07) is 0. The first-order valence-electron chi connectivity index (χ1n) is 3.86. The number of ether oxygens (including phenoxy) is 1. The molecule has 0 bridgehead atoms. The van der Waals surface area contributed by atoms with Crippen LogP contribution in [0.5, 0.6) is 0 Å². The Labute approximate surface area is 63.2 Å². The Kier molecular flexibility index (Phi) is 3.91. The molecule has 0 radical (unpaired) electrons. The molecule has 0 aliphatic rings. The van der Waals surface area contributed by atoms with Crippen LogP contribution < -0.4 is 0 Å². The van der Waals surface area contributed by atoms with Gasteiger partial charge in [-0.05, 0) is 19.8 Å². The third kappa shape index (κ3) is 1.70. The van der Waals surface area contributed by atoms with E-state index in [0.29, 0.717) is 0 Å². The van der Waals surface area contributed by atoms with Gasteiger partial charge in [0.15, 0.2) is 0 Å². The quantitative estimate of drug-likeness (QED) is 0.652. The highest BCUT2D eigenvalue weighted by molar-refractivity contribution is 4.82. The Bertz CT molecular complexity index is 77.0. The summed E-state index contributed by atoms with van der Waals surface area (Å²) in [6.07, 6.45) is 1.34. The van der Waals surface area contributed by atoms with Crippen LogP contribution in [-0.4, -0.2) is 23.9 Å². The first-order valence-corrected chi connectivity index (χ1v) is 3.86. The van der Waals surface area contributed by atoms with Crippen molar-refractivity contribution >= 4 is 0 Å². The molecule has 0 aliphatic heterocycles. The van der Waals surface area contributed by atoms with Crippen LogP contribution in [0.15, 0.2) is 0 Å². The van der Waals surface area contributed by atoms with E-state index in [1.54, 1.807) is 14.0 Å². The van der Waals surface area contributed by atoms with E-state index < -0.39 is 0 Å². The van der Waals surface area contributed by atoms with Crippen LogP contribution in [0.3, 0.4) is 0 Å². The molecule has 0 saturated carbocycles. The van der Waals surface area contributed by atoms with Gasteiger partial charge in [0.05, 0.1) is 11.7 Å². The monoisotopic (exact) mass is 146 g/mol. The zero-order chi connectivity index (χ0) is 8.20. The lowest BCUT2D eigenvalue weighted by molar-refractivity contribution is -0.0994. The molecule has 0 heterocycles. The van der Waals surface area contributed by atoms with Gasteiger partial charge < -0.3 is 9.84 Å². The molecular formula is C8H18O2. The molecule has 0 saturated heterocycles. The maximum absolute atomic E-state index is 9.34. The molecule has 1 unspecified atom stereocenters. The number of hydrogen-bond donors (Lipinski definition) is 1. The zero-order valence-corrected chi connectivity index (χ0v) is 7.35. The fraction of sp³-hybridized carbons (Fsp3) is 1.00. The van der Waals surface area contributed by atoms with Crippen molar-refractivity contribution in [2.75, 3.05) is 7.11 Å². The molecule has 10 heavy (non-hydrogen) atoms. The van der Waals surface area contributed by atoms with E-state index >= 15 is 0 Å². The Hall–Kier alpha value is -0.0800. The normalized spacial score (nSPS) is 15.3. The van der Waals surface area contributed by atoms with Gasteiger partial charge in [0.2, 0.25) is 0 Å². The summed E-state index contributed by atoms with van der Waals surface area (Å²) in [5, 5.41) is 9.34. The molecule has 0 aromatic heterocycles. The Morgan fingerprint density at radius 3 is 1.80 bits per heavy atom. The van der Waals surface area contributed by atoms with Crippen molar-refractivity contribution < 1.29 is 9.84 Å². The SMILES string of the molecule is CCC(CC)(OC)C(C)O. The molecule has 62 valence electrons. The Balaban J connectivity index is 4.15. The number of rotatable bonds is 4. The molecule has 0 fully saturated rings. The standard InChI is InChI=1S/C8H18O2/c1-5-8(6-2,10-4)7(3)9/h7,9H,5-6H2,1-4H3. The van der Waals surface area contributed by atoms with Gasteiger partial charge in [-0.15, -0.1) is 0 Å². The molecule has 0 aromatic rings. The topological polar surface area (TPSA) is 29.5 Å². The number of aliphatic hydroxyl groups excluding tert-OH is 1. The first-order chi connectivity index (χ1) is 4.63. The molecule has 0 amide bonds. The van der Waals surface area contributed by atoms with Gasteiger partial charge in [-0.1, -0.05) is 13.8 Å². The molecule has 2 heteroatoms. The molecular weight excluding hydrogens is 128 g/mol. The summed E-state index contributed by atoms with van der Waals surface area (Å²) in [6.45, 7) is 5.83. The Morgan fingerprint density at radius 1 is 1.40 bits per heavy atom. The highest BCUT2D eigenvalue weighted by atomic mass is 16.5. The molecule has 2 nitrogen and oxygen atoms in total. The lowest BCUT2D eigenvalue weighted by atomic mass is 9.91. The van der Waals surface area contributed by atoms with Crippen molar-refractivity contribution in [3.05, 3.63) is 0 Å². The zero-order valence-electron chi connectivity index (χ0n) is 7.35. The van der Waals surface area contributed by atoms with E-state index in [9.17, 15) is 5.11 Å². The highest BCUT2D eigenvalue weighted by Crippen LogP contribution is 2.23. The lowest BCUT2D eigenvalue weighted by Crippen LogP contribution is -2.41. The summed E-state index contributed by atoms with van der Waals surface area (Å²) in [7, 11) is 1.65. The highest BCUT2D eigenvalue weighted by Gasteiger charge is 2.30. The average molecular weight is 146 g/mol. The minimum absolute atomic E-state index is 0.319. The maximum Gasteiger partial charge on any atom is 0.0928 e. The summed E-state index contributed by atoms with van der Waals surface area (Å²) in [4.78, 5) is 0. The van der Waals surface area contributed by atoms with E-state index in [1.807, 2.05) is 13.8 Å². The van der Waals surface area contributed by atoms with Crippen LogP contribution in [0.2, 0.25) is 0 Å². The summed E-state index contributed by atoms with van der Waals surface area (Å²) in [5.41, 5.74) is -0.319. The van der Waals surface area contributed by atoms with Gasteiger partial charge in [-0.25, -0.2) is 0 Å². The second-order valence-corrected chi connectivity index (χ2v) is 2.65. The molecule has 0 rings (SSSR count). The number of aliphatic hydroxyl groups is 1. The predicted octanol–water partition coefficient (Wildman–Crippen LogP) is 1.57. The van der Waals surface area contributed by atoms with Gasteiger partial charge in [-0.3, -0.25) is 0 Å². The first kappa shape index (κ1) is 9.92. The van der Waals surface area contributed by atoms with E-state index in [4.69, 9.17) is 4.74 Å². The van der Waals surface area contributed by atoms with Gasteiger partial charge in [0.1, 0.15) is 0 Å². The fourth-order valence-electron chi connectivity index (χ4n) is 1.30. The average Bonchev–Trinajstić information content (AvgIpc) is 1.92. The van der Waals surface area contributed by atoms with Crippen molar-refractivity contribution in [2.24, 2.45) is 0 Å². The predicted molar refractivity (Wildman–Crippen MR) is 42.0 cm³/mol. The van der Waals surface area contributed by atoms with Crippen LogP contribution in [0.4, 0.5) is 0 Å². The van der Waals surface area contributed by atoms with E-state index in [-0.39, 0.29) is 11.7 Å². The maximum atomic E-state index is 9.34. The van der Waals surface area contributed by atoms with E-state index in [0.717, 1.165) is 12.8 Å². The van der Waals surface area contributed by atoms with Crippen LogP contribution in [0.1, 0.15) is 33.6 Å². The van der Waals surface area contributed by atoms with Crippen molar-refractivity contribution in [1.82, 2.24) is 0 Å². The third-order valence-corrected chi connectivity index (χ3v) is 2.36. The van der Waals surface area contributed by atoms with E-state index in [1.165, 1.54) is 0 Å². The third-order valence-electron chi connectivity index (χ3n) is 2.36. The van der Waals surface area contributed by atoms with Gasteiger partial charge >= 0.3 is 0 Å². The minimum atomic E-state index is -0.382. The van der Waals surface area contributed by atoms with Crippen LogP contribution in [-0.2, 0) is 4.74 Å². The minimum Gasteiger partial charge on any atom is -0.390 e. The molecule has 0 aliphatic carbocycles. The number of methoxy groups -OCH3 is 1. The molecule has 0 spiro atoms. The smallest absolute Gasteiger partial charge is 0.0928 e. The van der Waals surface area contributed by atoms with Crippen molar-refractivity contribution in [3.63, 3.8) is 0 Å². The van der Waals surface area contributed by atoms with Gasteiger partial charge in [0, 0.05) is 7.11 Å². The largest absolute Gasteiger partial charge is 0.390 e. The van der Waals surface area contributed by atoms with Crippen molar-refractivity contribution in [2.45, 2.75) is 45.3 Å². The fourth-order valence-corrected chi connectivity index (χ4v) is 1.30. The van der Waals surface area contributed by atoms with Gasteiger partial charge in [-0.2, -0.15) is 0 Å². The number of hydrogen-bond acceptors (Lipinski definition) is 2. The second-order valence-electron chi connectivity index (χ2n) is 2.65. The summed E-state index contributed by atoms with van der Waals surface area (Å²) < 4.78 is 5.25. The van der Waals surface area contributed by atoms with Crippen LogP contribution in [0.25, 0.3) is 0 Å².